The highest BCUT2D eigenvalue weighted by molar-refractivity contribution is 9.10. The van der Waals surface area contributed by atoms with Gasteiger partial charge in [-0.05, 0) is 70.5 Å². The van der Waals surface area contributed by atoms with Crippen molar-refractivity contribution in [3.8, 4) is 23.6 Å². The summed E-state index contributed by atoms with van der Waals surface area (Å²) in [6.07, 6.45) is 0. The van der Waals surface area contributed by atoms with Crippen LogP contribution in [-0.2, 0) is 0 Å². The lowest BCUT2D eigenvalue weighted by atomic mass is 10.1. The largest absolute Gasteiger partial charge is 0.457 e. The Morgan fingerprint density at radius 1 is 0.962 bits per heavy atom. The van der Waals surface area contributed by atoms with E-state index in [1.54, 1.807) is 42.5 Å². The van der Waals surface area contributed by atoms with Gasteiger partial charge in [0.05, 0.1) is 11.1 Å². The van der Waals surface area contributed by atoms with Crippen LogP contribution in [0.4, 0.5) is 5.69 Å². The first-order valence-corrected chi connectivity index (χ1v) is 8.17. The van der Waals surface area contributed by atoms with Gasteiger partial charge in [-0.25, -0.2) is 0 Å². The maximum atomic E-state index is 12.0. The first-order chi connectivity index (χ1) is 12.6. The quantitative estimate of drug-likeness (QED) is 0.667. The molecule has 1 amide bonds. The fourth-order valence-corrected chi connectivity index (χ4v) is 2.45. The van der Waals surface area contributed by atoms with Gasteiger partial charge in [-0.3, -0.25) is 4.79 Å². The third-order valence-corrected chi connectivity index (χ3v) is 3.80. The minimum absolute atomic E-state index is 0.193. The molecule has 0 saturated carbocycles. The summed E-state index contributed by atoms with van der Waals surface area (Å²) in [5.41, 5.74) is 1.12. The number of hydrogen-bond acceptors (Lipinski definition) is 5. The van der Waals surface area contributed by atoms with Crippen LogP contribution in [0, 0.1) is 22.7 Å². The molecule has 1 N–H and O–H groups in total. The average molecular weight is 408 g/mol. The highest BCUT2D eigenvalue weighted by Gasteiger charge is 2.11. The Morgan fingerprint density at radius 2 is 1.65 bits per heavy atom. The summed E-state index contributed by atoms with van der Waals surface area (Å²) in [4.78, 5) is 12.0. The highest BCUT2D eigenvalue weighted by atomic mass is 79.9. The normalized spacial score (nSPS) is 9.81. The van der Waals surface area contributed by atoms with Crippen LogP contribution in [0.3, 0.4) is 0 Å². The Kier molecular flexibility index (Phi) is 5.02. The van der Waals surface area contributed by atoms with Gasteiger partial charge in [-0.15, -0.1) is 0 Å². The van der Waals surface area contributed by atoms with Gasteiger partial charge in [0.2, 0.25) is 0 Å². The van der Waals surface area contributed by atoms with Crippen molar-refractivity contribution in [2.75, 3.05) is 5.32 Å². The number of anilines is 1. The number of hydrogen-bond donors (Lipinski definition) is 1. The summed E-state index contributed by atoms with van der Waals surface area (Å²) in [6.45, 7) is 0. The first-order valence-electron chi connectivity index (χ1n) is 7.38. The number of rotatable bonds is 4. The van der Waals surface area contributed by atoms with Crippen LogP contribution in [0.5, 0.6) is 11.5 Å². The van der Waals surface area contributed by atoms with Crippen LogP contribution in [0.25, 0.3) is 0 Å². The molecule has 2 aromatic carbocycles. The second-order valence-electron chi connectivity index (χ2n) is 5.12. The van der Waals surface area contributed by atoms with E-state index < -0.39 is 0 Å². The lowest BCUT2D eigenvalue weighted by Crippen LogP contribution is -2.10. The summed E-state index contributed by atoms with van der Waals surface area (Å²) in [5, 5.41) is 20.7. The molecule has 0 unspecified atom stereocenters. The van der Waals surface area contributed by atoms with Crippen molar-refractivity contribution in [1.82, 2.24) is 0 Å². The van der Waals surface area contributed by atoms with Gasteiger partial charge in [0.25, 0.3) is 5.91 Å². The number of carbonyl (C=O) groups is 1. The van der Waals surface area contributed by atoms with E-state index in [2.05, 4.69) is 21.2 Å². The van der Waals surface area contributed by atoms with Crippen LogP contribution in [0.1, 0.15) is 21.7 Å². The number of ether oxygens (including phenoxy) is 1. The fraction of sp³-hybridized carbons (Fsp3) is 0. The average Bonchev–Trinajstić information content (AvgIpc) is 3.10. The maximum absolute atomic E-state index is 12.0. The van der Waals surface area contributed by atoms with E-state index in [4.69, 9.17) is 19.7 Å². The van der Waals surface area contributed by atoms with Crippen molar-refractivity contribution >= 4 is 27.5 Å². The van der Waals surface area contributed by atoms with E-state index in [1.807, 2.05) is 12.1 Å². The van der Waals surface area contributed by atoms with Gasteiger partial charge in [-0.1, -0.05) is 0 Å². The van der Waals surface area contributed by atoms with E-state index in [9.17, 15) is 4.79 Å². The third-order valence-electron chi connectivity index (χ3n) is 3.38. The van der Waals surface area contributed by atoms with Crippen molar-refractivity contribution in [1.29, 1.82) is 10.5 Å². The number of carbonyl (C=O) groups excluding carboxylic acids is 1. The van der Waals surface area contributed by atoms with E-state index in [1.165, 1.54) is 12.1 Å². The summed E-state index contributed by atoms with van der Waals surface area (Å²) in [5.74, 6) is 0.795. The molecule has 1 heterocycles. The Bertz CT molecular complexity index is 1040. The summed E-state index contributed by atoms with van der Waals surface area (Å²) in [6, 6.07) is 18.5. The lowest BCUT2D eigenvalue weighted by Gasteiger charge is -2.08. The predicted octanol–water partition coefficient (Wildman–Crippen LogP) is 4.83. The zero-order valence-corrected chi connectivity index (χ0v) is 14.8. The van der Waals surface area contributed by atoms with Gasteiger partial charge < -0.3 is 14.5 Å². The van der Waals surface area contributed by atoms with E-state index in [0.29, 0.717) is 27.4 Å². The lowest BCUT2D eigenvalue weighted by molar-refractivity contribution is 0.0995. The Labute approximate surface area is 157 Å². The van der Waals surface area contributed by atoms with Crippen LogP contribution in [-0.4, -0.2) is 5.91 Å². The SMILES string of the molecule is N#Cc1ccc(Oc2ccc(NC(=O)c3ccc(Br)o3)cc2)cc1C#N. The predicted molar refractivity (Wildman–Crippen MR) is 96.7 cm³/mol. The van der Waals surface area contributed by atoms with Crippen molar-refractivity contribution in [3.63, 3.8) is 0 Å². The van der Waals surface area contributed by atoms with E-state index >= 15 is 0 Å². The standard InChI is InChI=1S/C19H10BrN3O3/c20-18-8-7-17(26-18)19(24)23-14-2-5-15(6-3-14)25-16-4-1-12(10-21)13(9-16)11-22/h1-9H,(H,23,24). The minimum atomic E-state index is -0.366. The molecule has 0 spiro atoms. The highest BCUT2D eigenvalue weighted by Crippen LogP contribution is 2.25. The molecule has 7 heteroatoms. The molecule has 0 bridgehead atoms. The molecule has 0 aliphatic carbocycles. The number of halogens is 1. The van der Waals surface area contributed by atoms with Crippen molar-refractivity contribution < 1.29 is 13.9 Å². The van der Waals surface area contributed by atoms with Gasteiger partial charge in [-0.2, -0.15) is 10.5 Å². The van der Waals surface area contributed by atoms with Crippen LogP contribution < -0.4 is 10.1 Å². The summed E-state index contributed by atoms with van der Waals surface area (Å²) in [7, 11) is 0. The molecule has 6 nitrogen and oxygen atoms in total. The molecule has 3 rings (SSSR count). The van der Waals surface area contributed by atoms with Gasteiger partial charge >= 0.3 is 0 Å². The molecular formula is C19H10BrN3O3. The van der Waals surface area contributed by atoms with Gasteiger partial charge in [0, 0.05) is 5.69 Å². The Hall–Kier alpha value is -3.55. The zero-order valence-electron chi connectivity index (χ0n) is 13.2. The number of furan rings is 1. The second-order valence-corrected chi connectivity index (χ2v) is 5.90. The van der Waals surface area contributed by atoms with Gasteiger partial charge in [0.15, 0.2) is 10.4 Å². The first kappa shape index (κ1) is 17.3. The minimum Gasteiger partial charge on any atom is -0.457 e. The molecule has 0 aliphatic rings. The third kappa shape index (κ3) is 3.92. The summed E-state index contributed by atoms with van der Waals surface area (Å²) >= 11 is 3.15. The van der Waals surface area contributed by atoms with Crippen LogP contribution >= 0.6 is 15.9 Å². The van der Waals surface area contributed by atoms with Crippen LogP contribution in [0.2, 0.25) is 0 Å². The fourth-order valence-electron chi connectivity index (χ4n) is 2.15. The maximum Gasteiger partial charge on any atom is 0.291 e. The number of nitriles is 2. The van der Waals surface area contributed by atoms with E-state index in [-0.39, 0.29) is 17.2 Å². The van der Waals surface area contributed by atoms with Crippen LogP contribution in [0.15, 0.2) is 63.7 Å². The summed E-state index contributed by atoms with van der Waals surface area (Å²) < 4.78 is 11.3. The molecule has 0 atom stereocenters. The van der Waals surface area contributed by atoms with Crippen molar-refractivity contribution in [3.05, 3.63) is 76.2 Å². The number of benzene rings is 2. The number of amides is 1. The van der Waals surface area contributed by atoms with E-state index in [0.717, 1.165) is 0 Å². The molecular weight excluding hydrogens is 398 g/mol. The second kappa shape index (κ2) is 7.56. The van der Waals surface area contributed by atoms with Crippen molar-refractivity contribution in [2.45, 2.75) is 0 Å². The molecule has 3 aromatic rings. The molecule has 1 aromatic heterocycles. The molecule has 0 radical (unpaired) electrons. The smallest absolute Gasteiger partial charge is 0.291 e. The molecule has 0 aliphatic heterocycles. The number of nitrogens with zero attached hydrogens (tertiary/aromatic N) is 2. The molecule has 126 valence electrons. The molecule has 0 fully saturated rings. The Balaban J connectivity index is 1.69. The topological polar surface area (TPSA) is 99.0 Å². The van der Waals surface area contributed by atoms with Gasteiger partial charge in [0.1, 0.15) is 23.6 Å². The number of nitrogens with one attached hydrogen (secondary N) is 1. The molecule has 0 saturated heterocycles. The van der Waals surface area contributed by atoms with Crippen molar-refractivity contribution in [2.24, 2.45) is 0 Å². The monoisotopic (exact) mass is 407 g/mol. The zero-order chi connectivity index (χ0) is 18.5. The molecule has 26 heavy (non-hydrogen) atoms. The Morgan fingerprint density at radius 3 is 2.27 bits per heavy atom.